The van der Waals surface area contributed by atoms with Crippen LogP contribution in [-0.2, 0) is 0 Å². The minimum Gasteiger partial charge on any atom is -0.314 e. The van der Waals surface area contributed by atoms with Crippen LogP contribution in [0.5, 0.6) is 0 Å². The Bertz CT molecular complexity index is 275. The fourth-order valence-corrected chi connectivity index (χ4v) is 3.74. The van der Waals surface area contributed by atoms with Gasteiger partial charge in [0, 0.05) is 24.7 Å². The summed E-state index contributed by atoms with van der Waals surface area (Å²) in [5, 5.41) is 3.73. The first-order valence-electron chi connectivity index (χ1n) is 7.88. The molecule has 3 nitrogen and oxygen atoms in total. The van der Waals surface area contributed by atoms with E-state index >= 15 is 0 Å². The van der Waals surface area contributed by atoms with E-state index in [9.17, 15) is 0 Å². The molecule has 3 fully saturated rings. The quantitative estimate of drug-likeness (QED) is 0.772. The van der Waals surface area contributed by atoms with Gasteiger partial charge in [-0.3, -0.25) is 4.90 Å². The summed E-state index contributed by atoms with van der Waals surface area (Å²) in [6, 6.07) is 2.60. The molecule has 0 radical (unpaired) electrons. The van der Waals surface area contributed by atoms with Crippen molar-refractivity contribution in [2.45, 2.75) is 56.7 Å². The number of hydrogen-bond donors (Lipinski definition) is 1. The summed E-state index contributed by atoms with van der Waals surface area (Å²) in [6.45, 7) is 3.88. The maximum Gasteiger partial charge on any atom is 0.0226 e. The number of likely N-dealkylation sites (tertiary alicyclic amines) is 1. The van der Waals surface area contributed by atoms with Crippen molar-refractivity contribution < 1.29 is 0 Å². The van der Waals surface area contributed by atoms with E-state index in [2.05, 4.69) is 29.2 Å². The molecule has 18 heavy (non-hydrogen) atoms. The zero-order valence-electron chi connectivity index (χ0n) is 12.1. The van der Waals surface area contributed by atoms with Crippen LogP contribution in [0.25, 0.3) is 0 Å². The van der Waals surface area contributed by atoms with Crippen LogP contribution in [0.15, 0.2) is 0 Å². The molecule has 1 N–H and O–H groups in total. The smallest absolute Gasteiger partial charge is 0.0226 e. The molecule has 0 spiro atoms. The molecule has 3 heteroatoms. The molecule has 0 aromatic carbocycles. The van der Waals surface area contributed by atoms with Crippen LogP contribution in [-0.4, -0.2) is 61.7 Å². The van der Waals surface area contributed by atoms with Gasteiger partial charge >= 0.3 is 0 Å². The molecule has 0 aromatic heterocycles. The summed E-state index contributed by atoms with van der Waals surface area (Å²) in [6.07, 6.45) is 8.57. The highest BCUT2D eigenvalue weighted by Crippen LogP contribution is 2.36. The zero-order valence-corrected chi connectivity index (χ0v) is 12.1. The predicted octanol–water partition coefficient (Wildman–Crippen LogP) is 1.54. The summed E-state index contributed by atoms with van der Waals surface area (Å²) < 4.78 is 0. The number of likely N-dealkylation sites (N-methyl/N-ethyl adjacent to an activating group) is 1. The highest BCUT2D eigenvalue weighted by Gasteiger charge is 2.40. The Labute approximate surface area is 112 Å². The van der Waals surface area contributed by atoms with Gasteiger partial charge in [-0.2, -0.15) is 0 Å². The third kappa shape index (κ3) is 2.89. The second kappa shape index (κ2) is 5.48. The van der Waals surface area contributed by atoms with Gasteiger partial charge in [-0.25, -0.2) is 0 Å². The average molecular weight is 251 g/mol. The van der Waals surface area contributed by atoms with Crippen molar-refractivity contribution in [2.75, 3.05) is 33.7 Å². The third-order valence-electron chi connectivity index (χ3n) is 5.05. The Morgan fingerprint density at radius 2 is 1.94 bits per heavy atom. The molecule has 0 aromatic rings. The monoisotopic (exact) mass is 251 g/mol. The second-order valence-electron chi connectivity index (χ2n) is 6.88. The summed E-state index contributed by atoms with van der Waals surface area (Å²) >= 11 is 0. The van der Waals surface area contributed by atoms with Gasteiger partial charge in [0.15, 0.2) is 0 Å². The highest BCUT2D eigenvalue weighted by molar-refractivity contribution is 4.96. The van der Waals surface area contributed by atoms with Gasteiger partial charge in [0.2, 0.25) is 0 Å². The molecule has 1 saturated heterocycles. The Kier molecular flexibility index (Phi) is 3.92. The van der Waals surface area contributed by atoms with Crippen LogP contribution in [0.4, 0.5) is 0 Å². The molecular formula is C15H29N3. The van der Waals surface area contributed by atoms with E-state index in [1.54, 1.807) is 0 Å². The van der Waals surface area contributed by atoms with Crippen molar-refractivity contribution in [3.63, 3.8) is 0 Å². The summed E-state index contributed by atoms with van der Waals surface area (Å²) in [5.74, 6) is 0.938. The molecule has 2 saturated carbocycles. The van der Waals surface area contributed by atoms with Gasteiger partial charge in [-0.15, -0.1) is 0 Å². The van der Waals surface area contributed by atoms with E-state index < -0.39 is 0 Å². The molecular weight excluding hydrogens is 222 g/mol. The van der Waals surface area contributed by atoms with Crippen LogP contribution in [0, 0.1) is 5.92 Å². The molecule has 3 aliphatic rings. The van der Waals surface area contributed by atoms with Gasteiger partial charge in [-0.05, 0) is 71.6 Å². The lowest BCUT2D eigenvalue weighted by atomic mass is 9.78. The Balaban J connectivity index is 1.49. The molecule has 3 rings (SSSR count). The van der Waals surface area contributed by atoms with E-state index in [4.69, 9.17) is 0 Å². The van der Waals surface area contributed by atoms with E-state index in [-0.39, 0.29) is 0 Å². The van der Waals surface area contributed by atoms with E-state index in [0.29, 0.717) is 0 Å². The molecule has 3 unspecified atom stereocenters. The zero-order chi connectivity index (χ0) is 12.5. The summed E-state index contributed by atoms with van der Waals surface area (Å²) in [7, 11) is 4.42. The fourth-order valence-electron chi connectivity index (χ4n) is 3.74. The molecule has 1 aliphatic heterocycles. The minimum absolute atomic E-state index is 0.828. The fraction of sp³-hybridized carbons (Fsp3) is 1.00. The molecule has 0 bridgehead atoms. The topological polar surface area (TPSA) is 18.5 Å². The van der Waals surface area contributed by atoms with Gasteiger partial charge in [0.1, 0.15) is 0 Å². The third-order valence-corrected chi connectivity index (χ3v) is 5.05. The largest absolute Gasteiger partial charge is 0.314 e. The number of nitrogens with one attached hydrogen (secondary N) is 1. The summed E-state index contributed by atoms with van der Waals surface area (Å²) in [4.78, 5) is 5.20. The van der Waals surface area contributed by atoms with Crippen LogP contribution < -0.4 is 5.32 Å². The lowest BCUT2D eigenvalue weighted by Gasteiger charge is -2.46. The first-order chi connectivity index (χ1) is 8.74. The lowest BCUT2D eigenvalue weighted by molar-refractivity contribution is 0.0435. The molecule has 0 amide bonds. The maximum absolute atomic E-state index is 3.73. The van der Waals surface area contributed by atoms with Crippen molar-refractivity contribution in [1.82, 2.24) is 15.1 Å². The van der Waals surface area contributed by atoms with Crippen molar-refractivity contribution in [3.05, 3.63) is 0 Å². The van der Waals surface area contributed by atoms with Crippen LogP contribution in [0.3, 0.4) is 0 Å². The van der Waals surface area contributed by atoms with E-state index in [0.717, 1.165) is 24.0 Å². The molecule has 104 valence electrons. The average Bonchev–Trinajstić information content (AvgIpc) is 3.00. The Morgan fingerprint density at radius 3 is 2.56 bits per heavy atom. The molecule has 3 atom stereocenters. The van der Waals surface area contributed by atoms with Gasteiger partial charge < -0.3 is 10.2 Å². The van der Waals surface area contributed by atoms with Crippen molar-refractivity contribution >= 4 is 0 Å². The molecule has 2 aliphatic carbocycles. The van der Waals surface area contributed by atoms with E-state index in [1.165, 1.54) is 58.2 Å². The van der Waals surface area contributed by atoms with Gasteiger partial charge in [0.05, 0.1) is 0 Å². The van der Waals surface area contributed by atoms with Crippen LogP contribution in [0.1, 0.15) is 38.5 Å². The first kappa shape index (κ1) is 12.9. The Morgan fingerprint density at radius 1 is 1.11 bits per heavy atom. The number of nitrogens with zero attached hydrogens (tertiary/aromatic N) is 2. The van der Waals surface area contributed by atoms with Crippen molar-refractivity contribution in [2.24, 2.45) is 5.92 Å². The van der Waals surface area contributed by atoms with E-state index in [1.807, 2.05) is 0 Å². The minimum atomic E-state index is 0.828. The van der Waals surface area contributed by atoms with Crippen LogP contribution in [0.2, 0.25) is 0 Å². The van der Waals surface area contributed by atoms with Gasteiger partial charge in [-0.1, -0.05) is 0 Å². The number of hydrogen-bond acceptors (Lipinski definition) is 3. The van der Waals surface area contributed by atoms with Crippen molar-refractivity contribution in [3.8, 4) is 0 Å². The predicted molar refractivity (Wildman–Crippen MR) is 75.8 cm³/mol. The normalized spacial score (nSPS) is 37.2. The second-order valence-corrected chi connectivity index (χ2v) is 6.88. The lowest BCUT2D eigenvalue weighted by Crippen LogP contribution is -2.54. The highest BCUT2D eigenvalue weighted by atomic mass is 15.3. The Hall–Kier alpha value is -0.120. The molecule has 1 heterocycles. The number of rotatable bonds is 6. The first-order valence-corrected chi connectivity index (χ1v) is 7.88. The van der Waals surface area contributed by atoms with Crippen LogP contribution >= 0.6 is 0 Å². The SMILES string of the molecule is CN(C)CC1CCCN1C1CCC1CNC1CC1. The standard InChI is InChI=1S/C15H29N3/c1-17(2)11-14-4-3-9-18(14)15-8-5-12(15)10-16-13-6-7-13/h12-16H,3-11H2,1-2H3. The maximum atomic E-state index is 3.73. The van der Waals surface area contributed by atoms with Crippen molar-refractivity contribution in [1.29, 1.82) is 0 Å². The summed E-state index contributed by atoms with van der Waals surface area (Å²) in [5.41, 5.74) is 0. The van der Waals surface area contributed by atoms with Gasteiger partial charge in [0.25, 0.3) is 0 Å².